The highest BCUT2D eigenvalue weighted by molar-refractivity contribution is 5.92. The zero-order valence-corrected chi connectivity index (χ0v) is 11.9. The third kappa shape index (κ3) is 3.23. The predicted octanol–water partition coefficient (Wildman–Crippen LogP) is 1.22. The van der Waals surface area contributed by atoms with Gasteiger partial charge in [0.2, 0.25) is 0 Å². The minimum atomic E-state index is -0.137. The van der Waals surface area contributed by atoms with Crippen molar-refractivity contribution in [3.63, 3.8) is 0 Å². The lowest BCUT2D eigenvalue weighted by Gasteiger charge is -2.08. The van der Waals surface area contributed by atoms with Crippen LogP contribution in [0.25, 0.3) is 0 Å². The Morgan fingerprint density at radius 3 is 2.85 bits per heavy atom. The van der Waals surface area contributed by atoms with Crippen LogP contribution in [0.5, 0.6) is 0 Å². The average Bonchev–Trinajstić information content (AvgIpc) is 3.06. The van der Waals surface area contributed by atoms with E-state index >= 15 is 0 Å². The maximum atomic E-state index is 12.1. The lowest BCUT2D eigenvalue weighted by Crippen LogP contribution is -2.27. The molecule has 0 aliphatic carbocycles. The normalized spacial score (nSPS) is 10.7. The van der Waals surface area contributed by atoms with Gasteiger partial charge in [0.15, 0.2) is 5.82 Å². The van der Waals surface area contributed by atoms with E-state index in [4.69, 9.17) is 0 Å². The molecule has 0 bridgehead atoms. The second-order valence-corrected chi connectivity index (χ2v) is 4.56. The zero-order valence-electron chi connectivity index (χ0n) is 11.9. The van der Waals surface area contributed by atoms with Gasteiger partial charge in [-0.05, 0) is 18.9 Å². The molecule has 2 aromatic heterocycles. The summed E-state index contributed by atoms with van der Waals surface area (Å²) < 4.78 is 3.66. The van der Waals surface area contributed by atoms with Crippen LogP contribution >= 0.6 is 0 Å². The SMILES string of the molecule is CCCn1cnnc1CNC(=O)c1ccnn1CCC. The smallest absolute Gasteiger partial charge is 0.269 e. The summed E-state index contributed by atoms with van der Waals surface area (Å²) >= 11 is 0. The quantitative estimate of drug-likeness (QED) is 0.825. The third-order valence-corrected chi connectivity index (χ3v) is 2.95. The van der Waals surface area contributed by atoms with E-state index in [1.807, 2.05) is 4.57 Å². The number of nitrogens with zero attached hydrogens (tertiary/aromatic N) is 5. The van der Waals surface area contributed by atoms with Gasteiger partial charge in [0.05, 0.1) is 6.54 Å². The molecular formula is C13H20N6O. The molecule has 1 amide bonds. The predicted molar refractivity (Wildman–Crippen MR) is 74.0 cm³/mol. The molecule has 2 aromatic rings. The number of hydrogen-bond acceptors (Lipinski definition) is 4. The molecule has 0 aromatic carbocycles. The Morgan fingerprint density at radius 1 is 1.30 bits per heavy atom. The summed E-state index contributed by atoms with van der Waals surface area (Å²) in [4.78, 5) is 12.1. The van der Waals surface area contributed by atoms with Gasteiger partial charge in [-0.15, -0.1) is 10.2 Å². The van der Waals surface area contributed by atoms with Gasteiger partial charge in [0.1, 0.15) is 12.0 Å². The number of carbonyl (C=O) groups is 1. The van der Waals surface area contributed by atoms with Crippen LogP contribution in [-0.2, 0) is 19.6 Å². The first-order chi connectivity index (χ1) is 9.76. The van der Waals surface area contributed by atoms with Crippen molar-refractivity contribution in [2.45, 2.75) is 46.3 Å². The van der Waals surface area contributed by atoms with Crippen LogP contribution in [0, 0.1) is 0 Å². The maximum Gasteiger partial charge on any atom is 0.269 e. The van der Waals surface area contributed by atoms with Gasteiger partial charge in [-0.2, -0.15) is 5.10 Å². The van der Waals surface area contributed by atoms with Crippen molar-refractivity contribution < 1.29 is 4.79 Å². The molecule has 7 heteroatoms. The number of rotatable bonds is 7. The number of aromatic nitrogens is 5. The Balaban J connectivity index is 1.97. The number of nitrogens with one attached hydrogen (secondary N) is 1. The topological polar surface area (TPSA) is 77.6 Å². The first-order valence-electron chi connectivity index (χ1n) is 6.93. The lowest BCUT2D eigenvalue weighted by molar-refractivity contribution is 0.0938. The third-order valence-electron chi connectivity index (χ3n) is 2.95. The Labute approximate surface area is 118 Å². The molecule has 2 rings (SSSR count). The van der Waals surface area contributed by atoms with Crippen LogP contribution in [0.4, 0.5) is 0 Å². The largest absolute Gasteiger partial charge is 0.343 e. The van der Waals surface area contributed by atoms with Crippen molar-refractivity contribution in [3.8, 4) is 0 Å². The van der Waals surface area contributed by atoms with E-state index < -0.39 is 0 Å². The van der Waals surface area contributed by atoms with Crippen molar-refractivity contribution in [3.05, 3.63) is 30.1 Å². The Kier molecular flexibility index (Phi) is 4.86. The molecule has 108 valence electrons. The summed E-state index contributed by atoms with van der Waals surface area (Å²) in [5.74, 6) is 0.628. The number of carbonyl (C=O) groups excluding carboxylic acids is 1. The van der Waals surface area contributed by atoms with Crippen LogP contribution in [0.2, 0.25) is 0 Å². The van der Waals surface area contributed by atoms with Crippen molar-refractivity contribution in [2.24, 2.45) is 0 Å². The fraction of sp³-hybridized carbons (Fsp3) is 0.538. The van der Waals surface area contributed by atoms with Crippen molar-refractivity contribution in [2.75, 3.05) is 0 Å². The van der Waals surface area contributed by atoms with E-state index in [0.29, 0.717) is 12.2 Å². The molecule has 0 saturated carbocycles. The van der Waals surface area contributed by atoms with E-state index in [-0.39, 0.29) is 5.91 Å². The Hall–Kier alpha value is -2.18. The summed E-state index contributed by atoms with van der Waals surface area (Å²) in [5, 5.41) is 14.9. The monoisotopic (exact) mass is 276 g/mol. The van der Waals surface area contributed by atoms with Gasteiger partial charge >= 0.3 is 0 Å². The van der Waals surface area contributed by atoms with Crippen LogP contribution < -0.4 is 5.32 Å². The molecule has 0 unspecified atom stereocenters. The van der Waals surface area contributed by atoms with E-state index in [2.05, 4.69) is 34.5 Å². The molecule has 1 N–H and O–H groups in total. The second-order valence-electron chi connectivity index (χ2n) is 4.56. The molecule has 2 heterocycles. The van der Waals surface area contributed by atoms with Crippen LogP contribution in [0.3, 0.4) is 0 Å². The Morgan fingerprint density at radius 2 is 2.10 bits per heavy atom. The van der Waals surface area contributed by atoms with Gasteiger partial charge in [0, 0.05) is 19.3 Å². The van der Waals surface area contributed by atoms with Gasteiger partial charge in [0.25, 0.3) is 5.91 Å². The molecule has 0 fully saturated rings. The van der Waals surface area contributed by atoms with Gasteiger partial charge in [-0.3, -0.25) is 9.48 Å². The van der Waals surface area contributed by atoms with E-state index in [0.717, 1.165) is 31.8 Å². The van der Waals surface area contributed by atoms with Crippen molar-refractivity contribution >= 4 is 5.91 Å². The molecule has 20 heavy (non-hydrogen) atoms. The molecule has 0 aliphatic heterocycles. The van der Waals surface area contributed by atoms with Gasteiger partial charge in [-0.25, -0.2) is 0 Å². The minimum Gasteiger partial charge on any atom is -0.343 e. The van der Waals surface area contributed by atoms with Gasteiger partial charge in [-0.1, -0.05) is 13.8 Å². The fourth-order valence-corrected chi connectivity index (χ4v) is 2.01. The zero-order chi connectivity index (χ0) is 14.4. The summed E-state index contributed by atoms with van der Waals surface area (Å²) in [6, 6.07) is 1.72. The Bertz CT molecular complexity index is 559. The number of hydrogen-bond donors (Lipinski definition) is 1. The summed E-state index contributed by atoms with van der Waals surface area (Å²) in [6.45, 7) is 6.10. The molecule has 0 radical (unpaired) electrons. The van der Waals surface area contributed by atoms with E-state index in [9.17, 15) is 4.79 Å². The molecule has 0 aliphatic rings. The van der Waals surface area contributed by atoms with Crippen LogP contribution in [-0.4, -0.2) is 30.5 Å². The van der Waals surface area contributed by atoms with Crippen molar-refractivity contribution in [1.29, 1.82) is 0 Å². The van der Waals surface area contributed by atoms with Crippen LogP contribution in [0.1, 0.15) is 43.0 Å². The summed E-state index contributed by atoms with van der Waals surface area (Å²) in [6.07, 6.45) is 5.27. The van der Waals surface area contributed by atoms with E-state index in [1.54, 1.807) is 23.3 Å². The molecule has 7 nitrogen and oxygen atoms in total. The first kappa shape index (κ1) is 14.2. The highest BCUT2D eigenvalue weighted by Crippen LogP contribution is 2.02. The van der Waals surface area contributed by atoms with E-state index in [1.165, 1.54) is 0 Å². The number of aryl methyl sites for hydroxylation is 2. The standard InChI is InChI=1S/C13H20N6O/c1-3-7-18-10-15-17-12(18)9-14-13(20)11-5-6-16-19(11)8-4-2/h5-6,10H,3-4,7-9H2,1-2H3,(H,14,20). The second kappa shape index (κ2) is 6.83. The van der Waals surface area contributed by atoms with Gasteiger partial charge < -0.3 is 9.88 Å². The molecule has 0 saturated heterocycles. The molecule has 0 atom stereocenters. The maximum absolute atomic E-state index is 12.1. The fourth-order valence-electron chi connectivity index (χ4n) is 2.01. The first-order valence-corrected chi connectivity index (χ1v) is 6.93. The molecular weight excluding hydrogens is 256 g/mol. The average molecular weight is 276 g/mol. The molecule has 0 spiro atoms. The van der Waals surface area contributed by atoms with Crippen LogP contribution in [0.15, 0.2) is 18.6 Å². The van der Waals surface area contributed by atoms with Crippen molar-refractivity contribution in [1.82, 2.24) is 29.9 Å². The number of amides is 1. The lowest BCUT2D eigenvalue weighted by atomic mass is 10.3. The summed E-state index contributed by atoms with van der Waals surface area (Å²) in [7, 11) is 0. The minimum absolute atomic E-state index is 0.137. The highest BCUT2D eigenvalue weighted by Gasteiger charge is 2.12. The summed E-state index contributed by atoms with van der Waals surface area (Å²) in [5.41, 5.74) is 0.577. The highest BCUT2D eigenvalue weighted by atomic mass is 16.2.